The van der Waals surface area contributed by atoms with Crippen LogP contribution < -0.4 is 4.74 Å². The molecular weight excluding hydrogens is 578 g/mol. The first kappa shape index (κ1) is 25.7. The fraction of sp³-hybridized carbons (Fsp3) is 0.391. The number of carbonyl (C=O) groups is 2. The second-order valence-corrected chi connectivity index (χ2v) is 12.5. The van der Waals surface area contributed by atoms with Crippen molar-refractivity contribution < 1.29 is 27.9 Å². The number of halogens is 2. The summed E-state index contributed by atoms with van der Waals surface area (Å²) < 4.78 is 30.7. The third-order valence-corrected chi connectivity index (χ3v) is 7.72. The zero-order chi connectivity index (χ0) is 24.4. The van der Waals surface area contributed by atoms with Gasteiger partial charge in [0.2, 0.25) is 5.91 Å². The Hall–Kier alpha value is -1.91. The molecule has 0 saturated carbocycles. The molecule has 1 N–H and O–H groups in total. The molecule has 2 aromatic rings. The lowest BCUT2D eigenvalue weighted by Crippen LogP contribution is -2.46. The highest BCUT2D eigenvalue weighted by molar-refractivity contribution is 9.11. The van der Waals surface area contributed by atoms with Gasteiger partial charge in [-0.05, 0) is 61.2 Å². The second kappa shape index (κ2) is 10.1. The van der Waals surface area contributed by atoms with Crippen molar-refractivity contribution in [2.24, 2.45) is 0 Å². The summed E-state index contributed by atoms with van der Waals surface area (Å²) in [6, 6.07) is 11.9. The van der Waals surface area contributed by atoms with Crippen molar-refractivity contribution in [3.63, 3.8) is 0 Å². The van der Waals surface area contributed by atoms with Gasteiger partial charge in [0.05, 0.1) is 11.2 Å². The van der Waals surface area contributed by atoms with E-state index in [0.717, 1.165) is 26.3 Å². The van der Waals surface area contributed by atoms with Crippen LogP contribution in [0.5, 0.6) is 5.75 Å². The fourth-order valence-corrected chi connectivity index (χ4v) is 5.99. The van der Waals surface area contributed by atoms with E-state index >= 15 is 0 Å². The van der Waals surface area contributed by atoms with Crippen molar-refractivity contribution in [2.75, 3.05) is 18.6 Å². The van der Waals surface area contributed by atoms with E-state index in [-0.39, 0.29) is 24.6 Å². The highest BCUT2D eigenvalue weighted by atomic mass is 79.9. The number of rotatable bonds is 9. The summed E-state index contributed by atoms with van der Waals surface area (Å²) in [5.41, 5.74) is 0.870. The molecule has 2 atom stereocenters. The van der Waals surface area contributed by atoms with Crippen LogP contribution in [0.3, 0.4) is 0 Å². The number of aliphatic carboxylic acids is 1. The lowest BCUT2D eigenvalue weighted by Gasteiger charge is -2.28. The van der Waals surface area contributed by atoms with E-state index in [1.165, 1.54) is 4.90 Å². The first-order valence-corrected chi connectivity index (χ1v) is 13.9. The Bertz CT molecular complexity index is 1130. The molecule has 2 unspecified atom stereocenters. The quantitative estimate of drug-likeness (QED) is 0.462. The molecule has 0 aliphatic carbocycles. The van der Waals surface area contributed by atoms with Crippen LogP contribution in [0.4, 0.5) is 0 Å². The zero-order valence-corrected chi connectivity index (χ0v) is 22.2. The van der Waals surface area contributed by atoms with Gasteiger partial charge in [-0.15, -0.1) is 0 Å². The summed E-state index contributed by atoms with van der Waals surface area (Å²) in [6.07, 6.45) is 1.37. The Balaban J connectivity index is 1.70. The molecule has 2 aromatic carbocycles. The Morgan fingerprint density at radius 3 is 2.33 bits per heavy atom. The molecule has 1 fully saturated rings. The summed E-state index contributed by atoms with van der Waals surface area (Å²) in [4.78, 5) is 26.3. The van der Waals surface area contributed by atoms with Crippen LogP contribution >= 0.6 is 31.9 Å². The Labute approximate surface area is 210 Å². The molecule has 0 spiro atoms. The predicted molar refractivity (Wildman–Crippen MR) is 132 cm³/mol. The number of carboxylic acids is 1. The molecular formula is C23H25Br2NO6S. The van der Waals surface area contributed by atoms with Crippen molar-refractivity contribution >= 4 is 53.6 Å². The monoisotopic (exact) mass is 601 g/mol. The van der Waals surface area contributed by atoms with Crippen molar-refractivity contribution in [3.8, 4) is 5.75 Å². The lowest BCUT2D eigenvalue weighted by atomic mass is 9.81. The predicted octanol–water partition coefficient (Wildman–Crippen LogP) is 4.17. The largest absolute Gasteiger partial charge is 0.489 e. The van der Waals surface area contributed by atoms with E-state index in [4.69, 9.17) is 4.74 Å². The van der Waals surface area contributed by atoms with Gasteiger partial charge in [0, 0.05) is 21.7 Å². The minimum Gasteiger partial charge on any atom is -0.489 e. The van der Waals surface area contributed by atoms with Crippen LogP contribution in [0, 0.1) is 0 Å². The van der Waals surface area contributed by atoms with E-state index in [1.54, 1.807) is 19.1 Å². The van der Waals surface area contributed by atoms with Crippen molar-refractivity contribution in [1.82, 2.24) is 4.90 Å². The maximum atomic E-state index is 13.2. The average Bonchev–Trinajstić information content (AvgIpc) is 3.01. The van der Waals surface area contributed by atoms with E-state index < -0.39 is 27.3 Å². The van der Waals surface area contributed by atoms with E-state index in [2.05, 4.69) is 31.9 Å². The summed E-state index contributed by atoms with van der Waals surface area (Å²) >= 11 is 6.91. The molecule has 1 aliphatic rings. The molecule has 7 nitrogen and oxygen atoms in total. The smallest absolute Gasteiger partial charge is 0.326 e. The highest BCUT2D eigenvalue weighted by Crippen LogP contribution is 2.37. The molecule has 1 saturated heterocycles. The van der Waals surface area contributed by atoms with Gasteiger partial charge in [-0.2, -0.15) is 0 Å². The first-order chi connectivity index (χ1) is 15.4. The molecule has 33 heavy (non-hydrogen) atoms. The zero-order valence-electron chi connectivity index (χ0n) is 18.3. The summed E-state index contributed by atoms with van der Waals surface area (Å²) in [6.45, 7) is 2.42. The first-order valence-electron chi connectivity index (χ1n) is 10.3. The molecule has 1 amide bonds. The number of likely N-dealkylation sites (tertiary alicyclic amines) is 1. The Kier molecular flexibility index (Phi) is 7.91. The summed E-state index contributed by atoms with van der Waals surface area (Å²) in [5.74, 6) is -1.14. The molecule has 3 rings (SSSR count). The third kappa shape index (κ3) is 6.36. The maximum Gasteiger partial charge on any atom is 0.326 e. The molecule has 0 bridgehead atoms. The van der Waals surface area contributed by atoms with E-state index in [9.17, 15) is 23.1 Å². The highest BCUT2D eigenvalue weighted by Gasteiger charge is 2.47. The molecule has 0 aromatic heterocycles. The number of hydrogen-bond acceptors (Lipinski definition) is 5. The normalized spacial score (nSPS) is 19.5. The van der Waals surface area contributed by atoms with E-state index in [1.807, 2.05) is 30.3 Å². The van der Waals surface area contributed by atoms with Crippen LogP contribution in [-0.4, -0.2) is 54.9 Å². The van der Waals surface area contributed by atoms with Gasteiger partial charge in [0.15, 0.2) is 0 Å². The van der Waals surface area contributed by atoms with Gasteiger partial charge < -0.3 is 14.7 Å². The Morgan fingerprint density at radius 2 is 1.79 bits per heavy atom. The van der Waals surface area contributed by atoms with Gasteiger partial charge in [0.1, 0.15) is 28.2 Å². The van der Waals surface area contributed by atoms with Gasteiger partial charge in [-0.3, -0.25) is 4.79 Å². The van der Waals surface area contributed by atoms with Crippen LogP contribution in [0.1, 0.15) is 30.9 Å². The number of sulfone groups is 1. The number of benzene rings is 2. The number of ether oxygens (including phenoxy) is 1. The number of nitrogens with zero attached hydrogens (tertiary/aromatic N) is 1. The number of hydrogen-bond donors (Lipinski definition) is 1. The third-order valence-electron chi connectivity index (χ3n) is 5.83. The minimum atomic E-state index is -3.34. The molecule has 178 valence electrons. The molecule has 10 heteroatoms. The average molecular weight is 603 g/mol. The van der Waals surface area contributed by atoms with E-state index in [0.29, 0.717) is 18.8 Å². The fourth-order valence-electron chi connectivity index (χ4n) is 3.95. The van der Waals surface area contributed by atoms with Crippen LogP contribution in [0.15, 0.2) is 51.4 Å². The van der Waals surface area contributed by atoms with Crippen LogP contribution in [0.25, 0.3) is 0 Å². The molecule has 1 heterocycles. The van der Waals surface area contributed by atoms with Crippen molar-refractivity contribution in [3.05, 3.63) is 62.5 Å². The Morgan fingerprint density at radius 1 is 1.18 bits per heavy atom. The number of amides is 1. The van der Waals surface area contributed by atoms with Gasteiger partial charge in [0.25, 0.3) is 0 Å². The number of carbonyl (C=O) groups excluding carboxylic acids is 1. The minimum absolute atomic E-state index is 0.130. The van der Waals surface area contributed by atoms with Crippen molar-refractivity contribution in [2.45, 2.75) is 37.8 Å². The van der Waals surface area contributed by atoms with Gasteiger partial charge in [-0.1, -0.05) is 44.0 Å². The van der Waals surface area contributed by atoms with Gasteiger partial charge in [-0.25, -0.2) is 13.2 Å². The number of carboxylic acid groups (broad SMARTS) is 1. The molecule has 0 radical (unpaired) electrons. The SMILES string of the molecule is CC1(c2ccc(OCc3cc(Br)cc(Br)c3)cc2)CCN(C(CCS(C)(=O)=O)C(=O)O)C1=O. The lowest BCUT2D eigenvalue weighted by molar-refractivity contribution is -0.149. The maximum absolute atomic E-state index is 13.2. The molecule has 1 aliphatic heterocycles. The second-order valence-electron chi connectivity index (χ2n) is 8.44. The van der Waals surface area contributed by atoms with Crippen LogP contribution in [0.2, 0.25) is 0 Å². The van der Waals surface area contributed by atoms with Gasteiger partial charge >= 0.3 is 5.97 Å². The summed E-state index contributed by atoms with van der Waals surface area (Å²) in [5, 5.41) is 9.60. The standard InChI is InChI=1S/C23H25Br2NO6S/c1-23(8-9-26(22(23)29)20(21(27)28)7-10-33(2,30)31)16-3-5-19(6-4-16)32-14-15-11-17(24)13-18(25)12-15/h3-6,11-13,20H,7-10,14H2,1-2H3,(H,27,28). The van der Waals surface area contributed by atoms with Crippen LogP contribution in [-0.2, 0) is 31.4 Å². The van der Waals surface area contributed by atoms with Crippen molar-refractivity contribution in [1.29, 1.82) is 0 Å². The topological polar surface area (TPSA) is 101 Å². The summed E-state index contributed by atoms with van der Waals surface area (Å²) in [7, 11) is -3.34.